The van der Waals surface area contributed by atoms with E-state index in [9.17, 15) is 9.59 Å². The number of carbonyl (C=O) groups excluding carboxylic acids is 2. The number of aryl methyl sites for hydroxylation is 1. The van der Waals surface area contributed by atoms with Crippen molar-refractivity contribution in [2.75, 3.05) is 20.3 Å². The first-order valence-corrected chi connectivity index (χ1v) is 8.69. The molecule has 0 aliphatic heterocycles. The van der Waals surface area contributed by atoms with Gasteiger partial charge >= 0.3 is 5.97 Å². The third kappa shape index (κ3) is 4.60. The van der Waals surface area contributed by atoms with E-state index in [1.807, 2.05) is 6.07 Å². The maximum Gasteiger partial charge on any atom is 0.355 e. The highest BCUT2D eigenvalue weighted by Crippen LogP contribution is 2.28. The number of benzene rings is 1. The Hall–Kier alpha value is -3.53. The van der Waals surface area contributed by atoms with Gasteiger partial charge in [0.15, 0.2) is 23.9 Å². The maximum absolute atomic E-state index is 12.7. The Morgan fingerprint density at radius 1 is 1.25 bits per heavy atom. The molecule has 28 heavy (non-hydrogen) atoms. The summed E-state index contributed by atoms with van der Waals surface area (Å²) in [5, 5.41) is 8.61. The van der Waals surface area contributed by atoms with Gasteiger partial charge in [-0.1, -0.05) is 12.1 Å². The standard InChI is InChI=1S/C21H22N2O5/c1-5-27-21(25)20-13(2)19(14(3)23-20)16(24)8-6-15-7-9-17(28-11-10-22)18(12-15)26-4/h6-9,12,23H,5,11H2,1-4H3/b8-6+. The summed E-state index contributed by atoms with van der Waals surface area (Å²) in [6, 6.07) is 7.02. The second-order valence-corrected chi connectivity index (χ2v) is 5.90. The largest absolute Gasteiger partial charge is 0.493 e. The summed E-state index contributed by atoms with van der Waals surface area (Å²) in [7, 11) is 1.50. The van der Waals surface area contributed by atoms with Gasteiger partial charge in [0.2, 0.25) is 0 Å². The first kappa shape index (κ1) is 20.8. The molecule has 0 aliphatic carbocycles. The summed E-state index contributed by atoms with van der Waals surface area (Å²) in [5.41, 5.74) is 2.62. The molecule has 1 aromatic heterocycles. The van der Waals surface area contributed by atoms with Crippen LogP contribution in [0.25, 0.3) is 6.08 Å². The average molecular weight is 382 g/mol. The van der Waals surface area contributed by atoms with E-state index in [1.165, 1.54) is 13.2 Å². The van der Waals surface area contributed by atoms with Gasteiger partial charge in [-0.2, -0.15) is 5.26 Å². The lowest BCUT2D eigenvalue weighted by atomic mass is 10.0. The van der Waals surface area contributed by atoms with Gasteiger partial charge in [0.25, 0.3) is 0 Å². The zero-order chi connectivity index (χ0) is 20.7. The number of nitrogens with one attached hydrogen (secondary N) is 1. The minimum atomic E-state index is -0.483. The molecule has 7 heteroatoms. The molecule has 0 unspecified atom stereocenters. The van der Waals surface area contributed by atoms with Gasteiger partial charge in [-0.05, 0) is 50.1 Å². The Balaban J connectivity index is 2.24. The van der Waals surface area contributed by atoms with Crippen molar-refractivity contribution in [2.24, 2.45) is 0 Å². The van der Waals surface area contributed by atoms with E-state index in [1.54, 1.807) is 45.0 Å². The van der Waals surface area contributed by atoms with Gasteiger partial charge in [0.1, 0.15) is 11.8 Å². The molecule has 0 atom stereocenters. The molecule has 1 aromatic carbocycles. The van der Waals surface area contributed by atoms with E-state index in [-0.39, 0.29) is 24.7 Å². The minimum absolute atomic E-state index is 0.0845. The predicted octanol–water partition coefficient (Wildman–Crippen LogP) is 3.62. The zero-order valence-corrected chi connectivity index (χ0v) is 16.3. The zero-order valence-electron chi connectivity index (χ0n) is 16.3. The normalized spacial score (nSPS) is 10.5. The minimum Gasteiger partial charge on any atom is -0.493 e. The molecule has 0 saturated carbocycles. The molecule has 146 valence electrons. The number of H-pyrrole nitrogens is 1. The van der Waals surface area contributed by atoms with Crippen LogP contribution in [0.2, 0.25) is 0 Å². The number of aromatic amines is 1. The number of esters is 1. The Morgan fingerprint density at radius 3 is 2.64 bits per heavy atom. The van der Waals surface area contributed by atoms with Crippen LogP contribution in [0.15, 0.2) is 24.3 Å². The fourth-order valence-electron chi connectivity index (χ4n) is 2.80. The SMILES string of the molecule is CCOC(=O)c1[nH]c(C)c(C(=O)/C=C/c2ccc(OCC#N)c(OC)c2)c1C. The molecular weight excluding hydrogens is 360 g/mol. The van der Waals surface area contributed by atoms with Crippen molar-refractivity contribution in [1.29, 1.82) is 5.26 Å². The number of nitrogens with zero attached hydrogens (tertiary/aromatic N) is 1. The highest BCUT2D eigenvalue weighted by molar-refractivity contribution is 6.10. The predicted molar refractivity (Wildman–Crippen MR) is 104 cm³/mol. The molecule has 7 nitrogen and oxygen atoms in total. The number of rotatable bonds is 8. The molecule has 0 radical (unpaired) electrons. The number of carbonyl (C=O) groups is 2. The second kappa shape index (κ2) is 9.42. The molecule has 0 saturated heterocycles. The van der Waals surface area contributed by atoms with Crippen molar-refractivity contribution in [3.05, 3.63) is 52.4 Å². The van der Waals surface area contributed by atoms with E-state index in [0.29, 0.717) is 28.3 Å². The number of allylic oxidation sites excluding steroid dienone is 1. The van der Waals surface area contributed by atoms with Gasteiger partial charge in [-0.25, -0.2) is 4.79 Å². The van der Waals surface area contributed by atoms with Crippen molar-refractivity contribution in [3.63, 3.8) is 0 Å². The van der Waals surface area contributed by atoms with Crippen LogP contribution < -0.4 is 9.47 Å². The van der Waals surface area contributed by atoms with E-state index >= 15 is 0 Å². The number of ether oxygens (including phenoxy) is 3. The third-order valence-electron chi connectivity index (χ3n) is 4.07. The number of hydrogen-bond acceptors (Lipinski definition) is 6. The van der Waals surface area contributed by atoms with Gasteiger partial charge in [0.05, 0.1) is 13.7 Å². The van der Waals surface area contributed by atoms with E-state index in [2.05, 4.69) is 4.98 Å². The topological polar surface area (TPSA) is 101 Å². The quantitative estimate of drug-likeness (QED) is 0.425. The summed E-state index contributed by atoms with van der Waals surface area (Å²) < 4.78 is 15.5. The average Bonchev–Trinajstić information content (AvgIpc) is 2.99. The number of hydrogen-bond donors (Lipinski definition) is 1. The third-order valence-corrected chi connectivity index (χ3v) is 4.07. The summed E-state index contributed by atoms with van der Waals surface area (Å²) in [5.74, 6) is 0.196. The Bertz CT molecular complexity index is 950. The van der Waals surface area contributed by atoms with Crippen LogP contribution in [0, 0.1) is 25.2 Å². The number of ketones is 1. The Morgan fingerprint density at radius 2 is 2.00 bits per heavy atom. The molecule has 1 heterocycles. The Labute approximate surface area is 163 Å². The van der Waals surface area contributed by atoms with Crippen LogP contribution in [-0.4, -0.2) is 37.1 Å². The van der Waals surface area contributed by atoms with Gasteiger partial charge in [-0.15, -0.1) is 0 Å². The first-order chi connectivity index (χ1) is 13.4. The molecule has 0 bridgehead atoms. The van der Waals surface area contributed by atoms with Crippen molar-refractivity contribution in [1.82, 2.24) is 4.98 Å². The molecule has 0 fully saturated rings. The van der Waals surface area contributed by atoms with Crippen LogP contribution in [0.1, 0.15) is 44.6 Å². The lowest BCUT2D eigenvalue weighted by Crippen LogP contribution is -2.07. The van der Waals surface area contributed by atoms with Gasteiger partial charge in [-0.3, -0.25) is 4.79 Å². The summed E-state index contributed by atoms with van der Waals surface area (Å²) in [6.45, 7) is 5.35. The van der Waals surface area contributed by atoms with E-state index in [4.69, 9.17) is 19.5 Å². The Kier molecular flexibility index (Phi) is 6.99. The van der Waals surface area contributed by atoms with Crippen LogP contribution in [0.5, 0.6) is 11.5 Å². The first-order valence-electron chi connectivity index (χ1n) is 8.69. The van der Waals surface area contributed by atoms with E-state index < -0.39 is 5.97 Å². The fraction of sp³-hybridized carbons (Fsp3) is 0.286. The lowest BCUT2D eigenvalue weighted by Gasteiger charge is -2.08. The van der Waals surface area contributed by atoms with Crippen molar-refractivity contribution < 1.29 is 23.8 Å². The van der Waals surface area contributed by atoms with Crippen molar-refractivity contribution in [2.45, 2.75) is 20.8 Å². The maximum atomic E-state index is 12.7. The molecular formula is C21H22N2O5. The number of nitriles is 1. The highest BCUT2D eigenvalue weighted by Gasteiger charge is 2.21. The molecule has 2 rings (SSSR count). The smallest absolute Gasteiger partial charge is 0.355 e. The molecule has 1 N–H and O–H groups in total. The van der Waals surface area contributed by atoms with Crippen LogP contribution in [-0.2, 0) is 4.74 Å². The lowest BCUT2D eigenvalue weighted by molar-refractivity contribution is 0.0519. The summed E-state index contributed by atoms with van der Waals surface area (Å²) >= 11 is 0. The van der Waals surface area contributed by atoms with Crippen LogP contribution >= 0.6 is 0 Å². The highest BCUT2D eigenvalue weighted by atomic mass is 16.5. The van der Waals surface area contributed by atoms with Gasteiger partial charge in [0, 0.05) is 11.3 Å². The van der Waals surface area contributed by atoms with Crippen molar-refractivity contribution in [3.8, 4) is 17.6 Å². The molecule has 0 amide bonds. The summed E-state index contributed by atoms with van der Waals surface area (Å²) in [6.07, 6.45) is 3.08. The van der Waals surface area contributed by atoms with Crippen LogP contribution in [0.4, 0.5) is 0 Å². The second-order valence-electron chi connectivity index (χ2n) is 5.90. The molecule has 0 spiro atoms. The molecule has 0 aliphatic rings. The number of methoxy groups -OCH3 is 1. The van der Waals surface area contributed by atoms with Gasteiger partial charge < -0.3 is 19.2 Å². The van der Waals surface area contributed by atoms with Crippen molar-refractivity contribution >= 4 is 17.8 Å². The number of aromatic nitrogens is 1. The molecule has 2 aromatic rings. The monoisotopic (exact) mass is 382 g/mol. The summed E-state index contributed by atoms with van der Waals surface area (Å²) in [4.78, 5) is 27.6. The van der Waals surface area contributed by atoms with Crippen LogP contribution in [0.3, 0.4) is 0 Å². The fourth-order valence-corrected chi connectivity index (χ4v) is 2.80. The van der Waals surface area contributed by atoms with E-state index in [0.717, 1.165) is 5.56 Å².